The average molecular weight is 354 g/mol. The van der Waals surface area contributed by atoms with Crippen LogP contribution in [0.2, 0.25) is 0 Å². The zero-order chi connectivity index (χ0) is 13.3. The molecule has 1 aromatic rings. The van der Waals surface area contributed by atoms with Crippen molar-refractivity contribution < 1.29 is 13.5 Å². The molecule has 102 valence electrons. The second-order valence-electron chi connectivity index (χ2n) is 4.45. The Labute approximate surface area is 120 Å². The van der Waals surface area contributed by atoms with Crippen molar-refractivity contribution >= 4 is 37.3 Å². The third kappa shape index (κ3) is 2.80. The maximum atomic E-state index is 12.4. The molecule has 0 amide bonds. The van der Waals surface area contributed by atoms with E-state index in [9.17, 15) is 13.5 Å². The fourth-order valence-corrected chi connectivity index (χ4v) is 5.85. The lowest BCUT2D eigenvalue weighted by molar-refractivity contribution is 0.0521. The standard InChI is InChI=1S/C11H16BrNO3S2/c1-2-8-7-13(6-5-9(8)14)18(15,16)11-4-3-10(12)17-11/h3-4,8-9,14H,2,5-7H2,1H3. The molecule has 7 heteroatoms. The number of halogens is 1. The Morgan fingerprint density at radius 2 is 2.28 bits per heavy atom. The topological polar surface area (TPSA) is 57.6 Å². The molecule has 1 aromatic heterocycles. The summed E-state index contributed by atoms with van der Waals surface area (Å²) in [5, 5.41) is 9.80. The third-order valence-electron chi connectivity index (χ3n) is 3.32. The van der Waals surface area contributed by atoms with Gasteiger partial charge in [-0.2, -0.15) is 4.31 Å². The van der Waals surface area contributed by atoms with Crippen LogP contribution in [0, 0.1) is 5.92 Å². The Hall–Kier alpha value is 0.0500. The van der Waals surface area contributed by atoms with Gasteiger partial charge in [0.2, 0.25) is 0 Å². The molecule has 0 radical (unpaired) electrons. The number of sulfonamides is 1. The molecule has 1 aliphatic rings. The first-order chi connectivity index (χ1) is 8.45. The molecule has 0 spiro atoms. The highest BCUT2D eigenvalue weighted by molar-refractivity contribution is 9.11. The van der Waals surface area contributed by atoms with E-state index in [2.05, 4.69) is 15.9 Å². The molecule has 1 saturated heterocycles. The Balaban J connectivity index is 2.21. The maximum Gasteiger partial charge on any atom is 0.252 e. The van der Waals surface area contributed by atoms with Crippen molar-refractivity contribution in [2.75, 3.05) is 13.1 Å². The molecule has 1 N–H and O–H groups in total. The number of aliphatic hydroxyl groups is 1. The molecule has 2 unspecified atom stereocenters. The monoisotopic (exact) mass is 353 g/mol. The van der Waals surface area contributed by atoms with Gasteiger partial charge in [0.25, 0.3) is 10.0 Å². The van der Waals surface area contributed by atoms with E-state index < -0.39 is 10.0 Å². The van der Waals surface area contributed by atoms with Gasteiger partial charge < -0.3 is 5.11 Å². The number of aliphatic hydroxyl groups excluding tert-OH is 1. The van der Waals surface area contributed by atoms with E-state index in [0.717, 1.165) is 10.2 Å². The summed E-state index contributed by atoms with van der Waals surface area (Å²) in [6.45, 7) is 2.79. The highest BCUT2D eigenvalue weighted by Crippen LogP contribution is 2.31. The van der Waals surface area contributed by atoms with Crippen molar-refractivity contribution in [2.24, 2.45) is 5.92 Å². The van der Waals surface area contributed by atoms with E-state index in [1.807, 2.05) is 6.92 Å². The Morgan fingerprint density at radius 1 is 1.56 bits per heavy atom. The van der Waals surface area contributed by atoms with Crippen LogP contribution in [0.5, 0.6) is 0 Å². The minimum absolute atomic E-state index is 0.0388. The number of piperidine rings is 1. The summed E-state index contributed by atoms with van der Waals surface area (Å²) in [5.74, 6) is 0.0388. The first-order valence-corrected chi connectivity index (χ1v) is 8.93. The van der Waals surface area contributed by atoms with E-state index in [-0.39, 0.29) is 12.0 Å². The van der Waals surface area contributed by atoms with Crippen LogP contribution in [0.25, 0.3) is 0 Å². The van der Waals surface area contributed by atoms with Gasteiger partial charge in [-0.25, -0.2) is 8.42 Å². The molecule has 2 heterocycles. The summed E-state index contributed by atoms with van der Waals surface area (Å²) in [5.41, 5.74) is 0. The van der Waals surface area contributed by atoms with Crippen molar-refractivity contribution in [1.82, 2.24) is 4.31 Å². The van der Waals surface area contributed by atoms with Crippen LogP contribution in [0.4, 0.5) is 0 Å². The lowest BCUT2D eigenvalue weighted by Crippen LogP contribution is -2.45. The quantitative estimate of drug-likeness (QED) is 0.906. The average Bonchev–Trinajstić information content (AvgIpc) is 2.77. The lowest BCUT2D eigenvalue weighted by atomic mass is 9.94. The van der Waals surface area contributed by atoms with E-state index in [1.165, 1.54) is 15.6 Å². The Bertz CT molecular complexity index is 514. The van der Waals surface area contributed by atoms with Crippen LogP contribution < -0.4 is 0 Å². The van der Waals surface area contributed by atoms with Gasteiger partial charge >= 0.3 is 0 Å². The minimum Gasteiger partial charge on any atom is -0.393 e. The normalized spacial score (nSPS) is 26.4. The second kappa shape index (κ2) is 5.58. The summed E-state index contributed by atoms with van der Waals surface area (Å²) in [4.78, 5) is 0. The summed E-state index contributed by atoms with van der Waals surface area (Å²) in [6, 6.07) is 3.36. The van der Waals surface area contributed by atoms with Crippen LogP contribution in [0.3, 0.4) is 0 Å². The molecule has 0 aromatic carbocycles. The molecule has 2 rings (SSSR count). The van der Waals surface area contributed by atoms with Crippen LogP contribution in [-0.4, -0.2) is 37.0 Å². The molecule has 1 fully saturated rings. The first kappa shape index (κ1) is 14.5. The van der Waals surface area contributed by atoms with Gasteiger partial charge in [0.1, 0.15) is 4.21 Å². The highest BCUT2D eigenvalue weighted by Gasteiger charge is 2.34. The number of nitrogens with zero attached hydrogens (tertiary/aromatic N) is 1. The molecule has 18 heavy (non-hydrogen) atoms. The zero-order valence-electron chi connectivity index (χ0n) is 10.0. The summed E-state index contributed by atoms with van der Waals surface area (Å²) < 4.78 is 27.5. The van der Waals surface area contributed by atoms with Crippen LogP contribution in [-0.2, 0) is 10.0 Å². The van der Waals surface area contributed by atoms with Crippen LogP contribution in [0.1, 0.15) is 19.8 Å². The molecule has 2 atom stereocenters. The molecular formula is C11H16BrNO3S2. The van der Waals surface area contributed by atoms with E-state index >= 15 is 0 Å². The number of thiophene rings is 1. The first-order valence-electron chi connectivity index (χ1n) is 5.88. The van der Waals surface area contributed by atoms with Crippen molar-refractivity contribution in [2.45, 2.75) is 30.1 Å². The molecule has 0 saturated carbocycles. The predicted molar refractivity (Wildman–Crippen MR) is 75.2 cm³/mol. The highest BCUT2D eigenvalue weighted by atomic mass is 79.9. The minimum atomic E-state index is -3.40. The van der Waals surface area contributed by atoms with Crippen molar-refractivity contribution in [3.8, 4) is 0 Å². The summed E-state index contributed by atoms with van der Waals surface area (Å²) in [7, 11) is -3.40. The van der Waals surface area contributed by atoms with Crippen molar-refractivity contribution in [3.63, 3.8) is 0 Å². The third-order valence-corrected chi connectivity index (χ3v) is 7.28. The van der Waals surface area contributed by atoms with Gasteiger partial charge in [-0.3, -0.25) is 0 Å². The molecule has 0 aliphatic carbocycles. The van der Waals surface area contributed by atoms with Gasteiger partial charge in [0, 0.05) is 13.1 Å². The van der Waals surface area contributed by atoms with Crippen LogP contribution in [0.15, 0.2) is 20.1 Å². The van der Waals surface area contributed by atoms with Crippen LogP contribution >= 0.6 is 27.3 Å². The summed E-state index contributed by atoms with van der Waals surface area (Å²) in [6.07, 6.45) is 0.933. The van der Waals surface area contributed by atoms with Gasteiger partial charge in [0.05, 0.1) is 9.89 Å². The largest absolute Gasteiger partial charge is 0.393 e. The second-order valence-corrected chi connectivity index (χ2v) is 9.07. The smallest absolute Gasteiger partial charge is 0.252 e. The zero-order valence-corrected chi connectivity index (χ0v) is 13.3. The van der Waals surface area contributed by atoms with Gasteiger partial charge in [0.15, 0.2) is 0 Å². The molecular weight excluding hydrogens is 338 g/mol. The van der Waals surface area contributed by atoms with Gasteiger partial charge in [-0.15, -0.1) is 11.3 Å². The van der Waals surface area contributed by atoms with Crippen molar-refractivity contribution in [3.05, 3.63) is 15.9 Å². The van der Waals surface area contributed by atoms with Crippen molar-refractivity contribution in [1.29, 1.82) is 0 Å². The Morgan fingerprint density at radius 3 is 2.83 bits per heavy atom. The van der Waals surface area contributed by atoms with E-state index in [1.54, 1.807) is 12.1 Å². The SMILES string of the molecule is CCC1CN(S(=O)(=O)c2ccc(Br)s2)CCC1O. The van der Waals surface area contributed by atoms with Gasteiger partial charge in [-0.1, -0.05) is 6.92 Å². The van der Waals surface area contributed by atoms with Gasteiger partial charge in [-0.05, 0) is 46.8 Å². The number of rotatable bonds is 3. The lowest BCUT2D eigenvalue weighted by Gasteiger charge is -2.34. The number of hydrogen-bond donors (Lipinski definition) is 1. The maximum absolute atomic E-state index is 12.4. The fraction of sp³-hybridized carbons (Fsp3) is 0.636. The fourth-order valence-electron chi connectivity index (χ4n) is 2.17. The number of hydrogen-bond acceptors (Lipinski definition) is 4. The Kier molecular flexibility index (Phi) is 4.48. The predicted octanol–water partition coefficient (Wildman–Crippen LogP) is 2.29. The molecule has 4 nitrogen and oxygen atoms in total. The molecule has 0 bridgehead atoms. The molecule has 1 aliphatic heterocycles. The summed E-state index contributed by atoms with van der Waals surface area (Å²) >= 11 is 4.50. The van der Waals surface area contributed by atoms with E-state index in [0.29, 0.717) is 23.7 Å². The van der Waals surface area contributed by atoms with E-state index in [4.69, 9.17) is 0 Å².